The molecule has 0 amide bonds. The summed E-state index contributed by atoms with van der Waals surface area (Å²) in [6.45, 7) is 7.46. The first kappa shape index (κ1) is 14.8. The number of aromatic nitrogens is 1. The van der Waals surface area contributed by atoms with Gasteiger partial charge >= 0.3 is 0 Å². The quantitative estimate of drug-likeness (QED) is 0.665. The van der Waals surface area contributed by atoms with Gasteiger partial charge in [0.05, 0.1) is 0 Å². The zero-order valence-electron chi connectivity index (χ0n) is 11.7. The number of nitrogens with one attached hydrogen (secondary N) is 2. The van der Waals surface area contributed by atoms with Crippen molar-refractivity contribution in [2.24, 2.45) is 0 Å². The standard InChI is InChI=1S/C14H25N3O/c1-4-10-15-12-7-6-8-13(16-12)17-14(3,5-2)9-11-18/h6-8,18H,4-5,9-11H2,1-3H3,(H2,15,16,17). The lowest BCUT2D eigenvalue weighted by molar-refractivity contribution is 0.252. The summed E-state index contributed by atoms with van der Waals surface area (Å²) in [5.74, 6) is 1.75. The van der Waals surface area contributed by atoms with Gasteiger partial charge in [-0.15, -0.1) is 0 Å². The zero-order valence-corrected chi connectivity index (χ0v) is 11.7. The maximum atomic E-state index is 9.11. The van der Waals surface area contributed by atoms with Gasteiger partial charge < -0.3 is 15.7 Å². The fourth-order valence-electron chi connectivity index (χ4n) is 1.74. The molecule has 1 rings (SSSR count). The number of rotatable bonds is 8. The van der Waals surface area contributed by atoms with Crippen molar-refractivity contribution in [1.82, 2.24) is 4.98 Å². The summed E-state index contributed by atoms with van der Waals surface area (Å²) in [6, 6.07) is 5.92. The molecular formula is C14H25N3O. The third-order valence-electron chi connectivity index (χ3n) is 3.18. The number of hydrogen-bond acceptors (Lipinski definition) is 4. The van der Waals surface area contributed by atoms with Crippen molar-refractivity contribution in [2.75, 3.05) is 23.8 Å². The van der Waals surface area contributed by atoms with E-state index < -0.39 is 0 Å². The number of anilines is 2. The number of aliphatic hydroxyl groups is 1. The molecule has 1 aromatic heterocycles. The van der Waals surface area contributed by atoms with E-state index in [-0.39, 0.29) is 12.1 Å². The van der Waals surface area contributed by atoms with E-state index in [1.807, 2.05) is 18.2 Å². The van der Waals surface area contributed by atoms with E-state index >= 15 is 0 Å². The Morgan fingerprint density at radius 1 is 1.28 bits per heavy atom. The van der Waals surface area contributed by atoms with Crippen LogP contribution in [0.5, 0.6) is 0 Å². The second-order valence-electron chi connectivity index (χ2n) is 4.85. The molecule has 0 radical (unpaired) electrons. The van der Waals surface area contributed by atoms with Crippen LogP contribution in [0, 0.1) is 0 Å². The fourth-order valence-corrected chi connectivity index (χ4v) is 1.74. The van der Waals surface area contributed by atoms with Crippen LogP contribution in [0.1, 0.15) is 40.0 Å². The molecule has 1 atom stereocenters. The second-order valence-corrected chi connectivity index (χ2v) is 4.85. The predicted octanol–water partition coefficient (Wildman–Crippen LogP) is 2.87. The van der Waals surface area contributed by atoms with E-state index in [4.69, 9.17) is 5.11 Å². The number of hydrogen-bond donors (Lipinski definition) is 3. The average Bonchev–Trinajstić information content (AvgIpc) is 2.37. The first-order chi connectivity index (χ1) is 8.63. The van der Waals surface area contributed by atoms with E-state index in [1.54, 1.807) is 0 Å². The maximum absolute atomic E-state index is 9.11. The molecule has 4 nitrogen and oxygen atoms in total. The Morgan fingerprint density at radius 2 is 2.00 bits per heavy atom. The topological polar surface area (TPSA) is 57.2 Å². The summed E-state index contributed by atoms with van der Waals surface area (Å²) in [5.41, 5.74) is -0.106. The lowest BCUT2D eigenvalue weighted by Crippen LogP contribution is -2.35. The van der Waals surface area contributed by atoms with Crippen molar-refractivity contribution >= 4 is 11.6 Å². The number of aliphatic hydroxyl groups excluding tert-OH is 1. The molecule has 0 aliphatic rings. The average molecular weight is 251 g/mol. The van der Waals surface area contributed by atoms with Crippen LogP contribution in [-0.4, -0.2) is 28.8 Å². The smallest absolute Gasteiger partial charge is 0.128 e. The van der Waals surface area contributed by atoms with Crippen molar-refractivity contribution in [2.45, 2.75) is 45.6 Å². The summed E-state index contributed by atoms with van der Waals surface area (Å²) in [4.78, 5) is 4.52. The highest BCUT2D eigenvalue weighted by atomic mass is 16.3. The third-order valence-corrected chi connectivity index (χ3v) is 3.18. The molecule has 0 aromatic carbocycles. The summed E-state index contributed by atoms with van der Waals surface area (Å²) in [6.07, 6.45) is 2.75. The highest BCUT2D eigenvalue weighted by Gasteiger charge is 2.21. The zero-order chi connectivity index (χ0) is 13.4. The predicted molar refractivity (Wildman–Crippen MR) is 77.0 cm³/mol. The molecule has 3 N–H and O–H groups in total. The molecule has 0 fully saturated rings. The SMILES string of the molecule is CCCNc1cccc(NC(C)(CC)CCO)n1. The normalized spacial score (nSPS) is 14.0. The molecule has 1 unspecified atom stereocenters. The van der Waals surface area contributed by atoms with Crippen molar-refractivity contribution in [1.29, 1.82) is 0 Å². The molecule has 1 heterocycles. The lowest BCUT2D eigenvalue weighted by atomic mass is 9.95. The number of nitrogens with zero attached hydrogens (tertiary/aromatic N) is 1. The van der Waals surface area contributed by atoms with Crippen LogP contribution in [0.4, 0.5) is 11.6 Å². The van der Waals surface area contributed by atoms with E-state index in [0.717, 1.165) is 37.4 Å². The van der Waals surface area contributed by atoms with Gasteiger partial charge in [0.1, 0.15) is 11.6 Å². The van der Waals surface area contributed by atoms with Crippen LogP contribution >= 0.6 is 0 Å². The molecule has 18 heavy (non-hydrogen) atoms. The Morgan fingerprint density at radius 3 is 2.61 bits per heavy atom. The fraction of sp³-hybridized carbons (Fsp3) is 0.643. The summed E-state index contributed by atoms with van der Waals surface area (Å²) >= 11 is 0. The van der Waals surface area contributed by atoms with E-state index in [0.29, 0.717) is 0 Å². The lowest BCUT2D eigenvalue weighted by Gasteiger charge is -2.29. The maximum Gasteiger partial charge on any atom is 0.128 e. The van der Waals surface area contributed by atoms with E-state index in [1.165, 1.54) is 0 Å². The van der Waals surface area contributed by atoms with Gasteiger partial charge in [-0.05, 0) is 38.3 Å². The van der Waals surface area contributed by atoms with E-state index in [2.05, 4.69) is 36.4 Å². The minimum atomic E-state index is -0.106. The minimum absolute atomic E-state index is 0.106. The largest absolute Gasteiger partial charge is 0.396 e. The van der Waals surface area contributed by atoms with Gasteiger partial charge in [-0.1, -0.05) is 19.9 Å². The van der Waals surface area contributed by atoms with Gasteiger partial charge in [-0.3, -0.25) is 0 Å². The van der Waals surface area contributed by atoms with Gasteiger partial charge in [-0.2, -0.15) is 0 Å². The van der Waals surface area contributed by atoms with Crippen molar-refractivity contribution in [3.63, 3.8) is 0 Å². The van der Waals surface area contributed by atoms with Crippen LogP contribution in [0.2, 0.25) is 0 Å². The molecular weight excluding hydrogens is 226 g/mol. The van der Waals surface area contributed by atoms with Crippen molar-refractivity contribution in [3.05, 3.63) is 18.2 Å². The molecule has 0 bridgehead atoms. The van der Waals surface area contributed by atoms with Crippen LogP contribution < -0.4 is 10.6 Å². The highest BCUT2D eigenvalue weighted by Crippen LogP contribution is 2.21. The number of pyridine rings is 1. The monoisotopic (exact) mass is 251 g/mol. The Balaban J connectivity index is 2.71. The van der Waals surface area contributed by atoms with Gasteiger partial charge in [0.15, 0.2) is 0 Å². The summed E-state index contributed by atoms with van der Waals surface area (Å²) in [5, 5.41) is 15.8. The Labute approximate surface area is 110 Å². The molecule has 102 valence electrons. The first-order valence-electron chi connectivity index (χ1n) is 6.73. The first-order valence-corrected chi connectivity index (χ1v) is 6.73. The van der Waals surface area contributed by atoms with Gasteiger partial charge in [0.25, 0.3) is 0 Å². The van der Waals surface area contributed by atoms with Crippen LogP contribution in [0.3, 0.4) is 0 Å². The van der Waals surface area contributed by atoms with Crippen LogP contribution in [0.15, 0.2) is 18.2 Å². The Hall–Kier alpha value is -1.29. The molecule has 0 aliphatic heterocycles. The second kappa shape index (κ2) is 7.21. The molecule has 0 saturated heterocycles. The van der Waals surface area contributed by atoms with Crippen molar-refractivity contribution in [3.8, 4) is 0 Å². The van der Waals surface area contributed by atoms with Crippen LogP contribution in [-0.2, 0) is 0 Å². The summed E-state index contributed by atoms with van der Waals surface area (Å²) < 4.78 is 0. The van der Waals surface area contributed by atoms with Gasteiger partial charge in [-0.25, -0.2) is 4.98 Å². The van der Waals surface area contributed by atoms with Gasteiger partial charge in [0.2, 0.25) is 0 Å². The Bertz CT molecular complexity index is 357. The van der Waals surface area contributed by atoms with Crippen LogP contribution in [0.25, 0.3) is 0 Å². The molecule has 0 saturated carbocycles. The third kappa shape index (κ3) is 4.53. The molecule has 0 spiro atoms. The highest BCUT2D eigenvalue weighted by molar-refractivity contribution is 5.46. The molecule has 0 aliphatic carbocycles. The molecule has 4 heteroatoms. The Kier molecular flexibility index (Phi) is 5.92. The summed E-state index contributed by atoms with van der Waals surface area (Å²) in [7, 11) is 0. The van der Waals surface area contributed by atoms with E-state index in [9.17, 15) is 0 Å². The molecule has 1 aromatic rings. The van der Waals surface area contributed by atoms with Gasteiger partial charge in [0, 0.05) is 18.7 Å². The van der Waals surface area contributed by atoms with Crippen molar-refractivity contribution < 1.29 is 5.11 Å². The minimum Gasteiger partial charge on any atom is -0.396 e.